The SMILES string of the molecule is CCc1ccc(C2=C[C@@H](c3cccc(Br)c3)[C@H](C#N)C(=O)N2)cc1. The first kappa shape index (κ1) is 16.5. The van der Waals surface area contributed by atoms with Gasteiger partial charge in [0.05, 0.1) is 6.07 Å². The van der Waals surface area contributed by atoms with Crippen molar-refractivity contribution in [1.82, 2.24) is 5.32 Å². The minimum Gasteiger partial charge on any atom is -0.325 e. The van der Waals surface area contributed by atoms with Crippen LogP contribution in [0.4, 0.5) is 0 Å². The van der Waals surface area contributed by atoms with E-state index in [9.17, 15) is 10.1 Å². The molecule has 2 aromatic carbocycles. The molecule has 0 fully saturated rings. The van der Waals surface area contributed by atoms with E-state index in [1.54, 1.807) is 0 Å². The van der Waals surface area contributed by atoms with Crippen LogP contribution in [0.1, 0.15) is 29.5 Å². The molecule has 0 saturated heterocycles. The zero-order valence-corrected chi connectivity index (χ0v) is 14.9. The third-order valence-corrected chi connectivity index (χ3v) is 4.78. The minimum absolute atomic E-state index is 0.250. The number of nitriles is 1. The summed E-state index contributed by atoms with van der Waals surface area (Å²) in [5, 5.41) is 12.3. The Morgan fingerprint density at radius 2 is 1.96 bits per heavy atom. The lowest BCUT2D eigenvalue weighted by atomic mass is 9.82. The van der Waals surface area contributed by atoms with Crippen molar-refractivity contribution in [3.05, 3.63) is 75.8 Å². The van der Waals surface area contributed by atoms with Gasteiger partial charge >= 0.3 is 0 Å². The van der Waals surface area contributed by atoms with Crippen molar-refractivity contribution in [1.29, 1.82) is 5.26 Å². The molecule has 3 nitrogen and oxygen atoms in total. The molecule has 2 aromatic rings. The molecule has 0 aromatic heterocycles. The largest absolute Gasteiger partial charge is 0.325 e. The van der Waals surface area contributed by atoms with Gasteiger partial charge in [-0.1, -0.05) is 65.3 Å². The highest BCUT2D eigenvalue weighted by molar-refractivity contribution is 9.10. The molecular weight excluding hydrogens is 364 g/mol. The third kappa shape index (κ3) is 3.27. The van der Waals surface area contributed by atoms with E-state index < -0.39 is 5.92 Å². The predicted molar refractivity (Wildman–Crippen MR) is 97.9 cm³/mol. The second-order valence-electron chi connectivity index (χ2n) is 5.81. The van der Waals surface area contributed by atoms with E-state index in [2.05, 4.69) is 46.4 Å². The molecule has 3 rings (SSSR count). The maximum atomic E-state index is 12.4. The number of carbonyl (C=O) groups excluding carboxylic acids is 1. The normalized spacial score (nSPS) is 20.0. The van der Waals surface area contributed by atoms with Crippen LogP contribution in [0.15, 0.2) is 59.1 Å². The second-order valence-corrected chi connectivity index (χ2v) is 6.72. The van der Waals surface area contributed by atoms with Crippen LogP contribution in [-0.2, 0) is 11.2 Å². The van der Waals surface area contributed by atoms with E-state index in [0.717, 1.165) is 27.7 Å². The van der Waals surface area contributed by atoms with E-state index in [-0.39, 0.29) is 11.8 Å². The molecule has 0 aliphatic carbocycles. The molecule has 1 amide bonds. The number of benzene rings is 2. The molecule has 1 heterocycles. The Balaban J connectivity index is 2.03. The van der Waals surface area contributed by atoms with Gasteiger partial charge in [0.1, 0.15) is 5.92 Å². The first-order chi connectivity index (χ1) is 11.6. The topological polar surface area (TPSA) is 52.9 Å². The number of nitrogens with zero attached hydrogens (tertiary/aromatic N) is 1. The average Bonchev–Trinajstić information content (AvgIpc) is 2.61. The molecule has 0 unspecified atom stereocenters. The second kappa shape index (κ2) is 7.02. The minimum atomic E-state index is -0.724. The fourth-order valence-corrected chi connectivity index (χ4v) is 3.34. The van der Waals surface area contributed by atoms with Gasteiger partial charge in [-0.25, -0.2) is 0 Å². The summed E-state index contributed by atoms with van der Waals surface area (Å²) in [4.78, 5) is 12.4. The van der Waals surface area contributed by atoms with Crippen LogP contribution in [0.5, 0.6) is 0 Å². The monoisotopic (exact) mass is 380 g/mol. The number of amides is 1. The summed E-state index contributed by atoms with van der Waals surface area (Å²) in [6.07, 6.45) is 2.96. The molecule has 120 valence electrons. The fourth-order valence-electron chi connectivity index (χ4n) is 2.92. The van der Waals surface area contributed by atoms with Crippen molar-refractivity contribution in [3.8, 4) is 6.07 Å². The molecule has 0 bridgehead atoms. The zero-order valence-electron chi connectivity index (χ0n) is 13.3. The Kier molecular flexibility index (Phi) is 4.82. The van der Waals surface area contributed by atoms with Gasteiger partial charge in [0.2, 0.25) is 5.91 Å². The van der Waals surface area contributed by atoms with Gasteiger partial charge in [-0.15, -0.1) is 0 Å². The van der Waals surface area contributed by atoms with Crippen molar-refractivity contribution < 1.29 is 4.79 Å². The quantitative estimate of drug-likeness (QED) is 0.857. The van der Waals surface area contributed by atoms with Gasteiger partial charge in [-0.2, -0.15) is 5.26 Å². The molecule has 24 heavy (non-hydrogen) atoms. The van der Waals surface area contributed by atoms with E-state index in [1.165, 1.54) is 5.56 Å². The number of nitrogens with one attached hydrogen (secondary N) is 1. The highest BCUT2D eigenvalue weighted by Gasteiger charge is 2.33. The highest BCUT2D eigenvalue weighted by Crippen LogP contribution is 2.34. The van der Waals surface area contributed by atoms with Gasteiger partial charge in [0, 0.05) is 16.1 Å². The van der Waals surface area contributed by atoms with Crippen LogP contribution >= 0.6 is 15.9 Å². The first-order valence-electron chi connectivity index (χ1n) is 7.89. The van der Waals surface area contributed by atoms with E-state index in [0.29, 0.717) is 0 Å². The number of carbonyl (C=O) groups is 1. The Morgan fingerprint density at radius 1 is 1.21 bits per heavy atom. The van der Waals surface area contributed by atoms with Crippen LogP contribution < -0.4 is 5.32 Å². The van der Waals surface area contributed by atoms with Crippen molar-refractivity contribution in [3.63, 3.8) is 0 Å². The predicted octanol–water partition coefficient (Wildman–Crippen LogP) is 4.41. The number of rotatable bonds is 3. The lowest BCUT2D eigenvalue weighted by Crippen LogP contribution is -2.36. The van der Waals surface area contributed by atoms with Crippen LogP contribution in [0.25, 0.3) is 5.70 Å². The summed E-state index contributed by atoms with van der Waals surface area (Å²) in [5.41, 5.74) is 3.92. The van der Waals surface area contributed by atoms with Gasteiger partial charge in [-0.05, 0) is 35.2 Å². The zero-order chi connectivity index (χ0) is 17.1. The Hall–Kier alpha value is -2.38. The maximum Gasteiger partial charge on any atom is 0.242 e. The molecule has 0 radical (unpaired) electrons. The smallest absolute Gasteiger partial charge is 0.242 e. The number of hydrogen-bond acceptors (Lipinski definition) is 2. The fraction of sp³-hybridized carbons (Fsp3) is 0.200. The summed E-state index contributed by atoms with van der Waals surface area (Å²) in [6.45, 7) is 2.11. The third-order valence-electron chi connectivity index (χ3n) is 4.29. The van der Waals surface area contributed by atoms with Gasteiger partial charge in [-0.3, -0.25) is 4.79 Å². The highest BCUT2D eigenvalue weighted by atomic mass is 79.9. The van der Waals surface area contributed by atoms with Crippen molar-refractivity contribution in [2.24, 2.45) is 5.92 Å². The summed E-state index contributed by atoms with van der Waals surface area (Å²) in [6, 6.07) is 18.0. The molecule has 1 aliphatic heterocycles. The van der Waals surface area contributed by atoms with Crippen LogP contribution in [0.3, 0.4) is 0 Å². The van der Waals surface area contributed by atoms with Gasteiger partial charge in [0.25, 0.3) is 0 Å². The van der Waals surface area contributed by atoms with Gasteiger partial charge in [0.15, 0.2) is 0 Å². The number of halogens is 1. The van der Waals surface area contributed by atoms with E-state index in [4.69, 9.17) is 0 Å². The molecule has 4 heteroatoms. The lowest BCUT2D eigenvalue weighted by Gasteiger charge is -2.26. The number of aryl methyl sites for hydroxylation is 1. The lowest BCUT2D eigenvalue weighted by molar-refractivity contribution is -0.122. The molecule has 1 aliphatic rings. The van der Waals surface area contributed by atoms with E-state index >= 15 is 0 Å². The number of allylic oxidation sites excluding steroid dienone is 1. The van der Waals surface area contributed by atoms with Crippen molar-refractivity contribution in [2.75, 3.05) is 0 Å². The Morgan fingerprint density at radius 3 is 2.58 bits per heavy atom. The molecule has 0 spiro atoms. The molecule has 0 saturated carbocycles. The Labute approximate surface area is 150 Å². The summed E-state index contributed by atoms with van der Waals surface area (Å²) >= 11 is 3.46. The van der Waals surface area contributed by atoms with E-state index in [1.807, 2.05) is 42.5 Å². The molecule has 1 N–H and O–H groups in total. The molecule has 2 atom stereocenters. The van der Waals surface area contributed by atoms with Crippen molar-refractivity contribution in [2.45, 2.75) is 19.3 Å². The number of hydrogen-bond donors (Lipinski definition) is 1. The first-order valence-corrected chi connectivity index (χ1v) is 8.68. The summed E-state index contributed by atoms with van der Waals surface area (Å²) in [7, 11) is 0. The average molecular weight is 381 g/mol. The summed E-state index contributed by atoms with van der Waals surface area (Å²) < 4.78 is 0.935. The van der Waals surface area contributed by atoms with Crippen LogP contribution in [0, 0.1) is 17.2 Å². The molecular formula is C20H17BrN2O. The van der Waals surface area contributed by atoms with Gasteiger partial charge < -0.3 is 5.32 Å². The standard InChI is InChI=1S/C20H17BrN2O/c1-2-13-6-8-14(9-7-13)19-11-17(18(12-22)20(24)23-19)15-4-3-5-16(21)10-15/h3-11,17-18H,2H2,1H3,(H,23,24)/t17-,18-/m0/s1. The summed E-state index contributed by atoms with van der Waals surface area (Å²) in [5.74, 6) is -1.24. The Bertz CT molecular complexity index is 833. The van der Waals surface area contributed by atoms with Crippen LogP contribution in [0.2, 0.25) is 0 Å². The van der Waals surface area contributed by atoms with Crippen LogP contribution in [-0.4, -0.2) is 5.91 Å². The van der Waals surface area contributed by atoms with Crippen molar-refractivity contribution >= 4 is 27.5 Å². The maximum absolute atomic E-state index is 12.4.